The Kier molecular flexibility index (Phi) is 13.1. The first-order valence-corrected chi connectivity index (χ1v) is 14.6. The van der Waals surface area contributed by atoms with Gasteiger partial charge in [-0.05, 0) is 45.6 Å². The second kappa shape index (κ2) is 15.6. The molecule has 15 nitrogen and oxygen atoms in total. The van der Waals surface area contributed by atoms with Gasteiger partial charge in [-0.2, -0.15) is 0 Å². The second-order valence-corrected chi connectivity index (χ2v) is 11.8. The average Bonchev–Trinajstić information content (AvgIpc) is 2.93. The van der Waals surface area contributed by atoms with Gasteiger partial charge in [0.1, 0.15) is 30.5 Å². The van der Waals surface area contributed by atoms with E-state index in [-0.39, 0.29) is 32.2 Å². The maximum atomic E-state index is 12.8. The molecule has 0 aromatic heterocycles. The van der Waals surface area contributed by atoms with Crippen molar-refractivity contribution in [3.63, 3.8) is 0 Å². The van der Waals surface area contributed by atoms with Crippen molar-refractivity contribution in [1.82, 2.24) is 10.6 Å². The fraction of sp³-hybridized carbons (Fsp3) is 0.962. The van der Waals surface area contributed by atoms with Crippen LogP contribution >= 0.6 is 0 Å². The van der Waals surface area contributed by atoms with Crippen molar-refractivity contribution < 1.29 is 49.3 Å². The predicted octanol–water partition coefficient (Wildman–Crippen LogP) is -4.05. The zero-order valence-electron chi connectivity index (χ0n) is 24.0. The molecule has 2 heterocycles. The number of rotatable bonds is 13. The summed E-state index contributed by atoms with van der Waals surface area (Å²) in [7, 11) is 0. The summed E-state index contributed by atoms with van der Waals surface area (Å²) < 4.78 is 23.9. The molecule has 13 N–H and O–H groups in total. The number of hydrogen-bond acceptors (Lipinski definition) is 14. The summed E-state index contributed by atoms with van der Waals surface area (Å²) in [5.41, 5.74) is 16.9. The van der Waals surface area contributed by atoms with Gasteiger partial charge in [0.15, 0.2) is 12.6 Å². The first kappa shape index (κ1) is 34.4. The van der Waals surface area contributed by atoms with Crippen LogP contribution in [0.2, 0.25) is 0 Å². The van der Waals surface area contributed by atoms with Crippen molar-refractivity contribution in [2.24, 2.45) is 23.1 Å². The third kappa shape index (κ3) is 8.98. The molecule has 2 aliphatic heterocycles. The first-order valence-electron chi connectivity index (χ1n) is 14.6. The SMILES string of the molecule is C[C@@H]1C(O)[C@@H](OC2C(O)C(O[C@H]3O[C@H](CNCCO)CCC3N)[C@@H](N)C[C@H]2NC(=O)[C@@H](O)CCCN)OCC1(C)O. The van der Waals surface area contributed by atoms with Gasteiger partial charge in [-0.3, -0.25) is 4.79 Å². The lowest BCUT2D eigenvalue weighted by atomic mass is 9.82. The van der Waals surface area contributed by atoms with Crippen LogP contribution in [0.5, 0.6) is 0 Å². The van der Waals surface area contributed by atoms with Gasteiger partial charge >= 0.3 is 0 Å². The van der Waals surface area contributed by atoms with Crippen molar-refractivity contribution in [2.75, 3.05) is 32.8 Å². The fourth-order valence-electron chi connectivity index (χ4n) is 5.47. The minimum atomic E-state index is -1.41. The van der Waals surface area contributed by atoms with E-state index in [1.807, 2.05) is 0 Å². The summed E-state index contributed by atoms with van der Waals surface area (Å²) in [6.07, 6.45) is -6.51. The average molecular weight is 594 g/mol. The summed E-state index contributed by atoms with van der Waals surface area (Å²) in [5, 5.41) is 58.0. The van der Waals surface area contributed by atoms with Crippen LogP contribution in [0.25, 0.3) is 0 Å². The standard InChI is InChI=1S/C26H51N5O10/c1-13-19(34)25(38-12-26(13,2)37)41-22-17(31-23(36)18(33)4-3-7-27)10-16(29)21(20(22)35)40-24-15(28)6-5-14(39-24)11-30-8-9-32/h13-22,24-25,30,32-35,37H,3-12,27-29H2,1-2H3,(H,31,36)/t13-,14+,15?,16+,17-,18+,19?,20?,21?,22?,24-,25-,26?/m1/s1. The van der Waals surface area contributed by atoms with Crippen LogP contribution in [-0.4, -0.2) is 137 Å². The molecule has 1 aliphatic carbocycles. The Labute approximate surface area is 241 Å². The van der Waals surface area contributed by atoms with Gasteiger partial charge in [-0.1, -0.05) is 6.92 Å². The zero-order chi connectivity index (χ0) is 30.3. The first-order chi connectivity index (χ1) is 19.4. The number of aliphatic hydroxyl groups is 5. The molecule has 0 aromatic rings. The zero-order valence-corrected chi connectivity index (χ0v) is 24.0. The number of amides is 1. The van der Waals surface area contributed by atoms with Gasteiger partial charge < -0.3 is 72.3 Å². The van der Waals surface area contributed by atoms with E-state index in [2.05, 4.69) is 10.6 Å². The maximum Gasteiger partial charge on any atom is 0.249 e. The summed E-state index contributed by atoms with van der Waals surface area (Å²) in [4.78, 5) is 12.8. The van der Waals surface area contributed by atoms with Gasteiger partial charge in [0.2, 0.25) is 5.91 Å². The molecule has 0 aromatic carbocycles. The van der Waals surface area contributed by atoms with Crippen LogP contribution in [0.15, 0.2) is 0 Å². The van der Waals surface area contributed by atoms with Crippen molar-refractivity contribution >= 4 is 5.91 Å². The molecular weight excluding hydrogens is 542 g/mol. The molecule has 6 unspecified atom stereocenters. The second-order valence-electron chi connectivity index (χ2n) is 11.8. The smallest absolute Gasteiger partial charge is 0.249 e. The summed E-state index contributed by atoms with van der Waals surface area (Å²) in [6, 6.07) is -2.13. The number of carbonyl (C=O) groups excluding carboxylic acids is 1. The van der Waals surface area contributed by atoms with E-state index in [4.69, 9.17) is 41.3 Å². The van der Waals surface area contributed by atoms with Crippen LogP contribution in [0.1, 0.15) is 46.0 Å². The van der Waals surface area contributed by atoms with Crippen molar-refractivity contribution in [1.29, 1.82) is 0 Å². The molecule has 0 bridgehead atoms. The number of carbonyl (C=O) groups is 1. The molecule has 1 saturated carbocycles. The number of ether oxygens (including phenoxy) is 4. The van der Waals surface area contributed by atoms with E-state index in [0.717, 1.165) is 0 Å². The lowest BCUT2D eigenvalue weighted by molar-refractivity contribution is -0.314. The summed E-state index contributed by atoms with van der Waals surface area (Å²) in [6.45, 7) is 4.28. The Morgan fingerprint density at radius 1 is 1.12 bits per heavy atom. The minimum absolute atomic E-state index is 0.00580. The Morgan fingerprint density at radius 2 is 1.83 bits per heavy atom. The Morgan fingerprint density at radius 3 is 2.51 bits per heavy atom. The van der Waals surface area contributed by atoms with E-state index in [9.17, 15) is 25.2 Å². The van der Waals surface area contributed by atoms with E-state index in [0.29, 0.717) is 38.9 Å². The Bertz CT molecular complexity index is 813. The van der Waals surface area contributed by atoms with Gasteiger partial charge in [0, 0.05) is 25.0 Å². The largest absolute Gasteiger partial charge is 0.395 e. The monoisotopic (exact) mass is 593 g/mol. The molecule has 0 spiro atoms. The molecule has 15 heteroatoms. The van der Waals surface area contributed by atoms with E-state index in [1.165, 1.54) is 0 Å². The van der Waals surface area contributed by atoms with Crippen LogP contribution < -0.4 is 27.8 Å². The summed E-state index contributed by atoms with van der Waals surface area (Å²) in [5.74, 6) is -1.29. The highest BCUT2D eigenvalue weighted by Crippen LogP contribution is 2.34. The highest BCUT2D eigenvalue weighted by atomic mass is 16.7. The van der Waals surface area contributed by atoms with Crippen LogP contribution in [0.4, 0.5) is 0 Å². The molecule has 3 aliphatic rings. The third-order valence-corrected chi connectivity index (χ3v) is 8.38. The fourth-order valence-corrected chi connectivity index (χ4v) is 5.47. The number of nitrogens with two attached hydrogens (primary N) is 3. The van der Waals surface area contributed by atoms with Crippen molar-refractivity contribution in [2.45, 2.75) is 119 Å². The predicted molar refractivity (Wildman–Crippen MR) is 146 cm³/mol. The molecule has 3 rings (SSSR count). The maximum absolute atomic E-state index is 12.8. The number of nitrogens with one attached hydrogen (secondary N) is 2. The van der Waals surface area contributed by atoms with Crippen LogP contribution in [-0.2, 0) is 23.7 Å². The van der Waals surface area contributed by atoms with Crippen molar-refractivity contribution in [3.05, 3.63) is 0 Å². The Hall–Kier alpha value is -1.05. The molecule has 2 saturated heterocycles. The van der Waals surface area contributed by atoms with E-state index in [1.54, 1.807) is 13.8 Å². The lowest BCUT2D eigenvalue weighted by Crippen LogP contribution is -2.68. The summed E-state index contributed by atoms with van der Waals surface area (Å²) >= 11 is 0. The molecule has 13 atom stereocenters. The molecule has 3 fully saturated rings. The number of aliphatic hydroxyl groups excluding tert-OH is 4. The van der Waals surface area contributed by atoms with Gasteiger partial charge in [0.05, 0.1) is 37.0 Å². The van der Waals surface area contributed by atoms with E-state index >= 15 is 0 Å². The minimum Gasteiger partial charge on any atom is -0.395 e. The highest BCUT2D eigenvalue weighted by molar-refractivity contribution is 5.80. The molecule has 0 radical (unpaired) electrons. The third-order valence-electron chi connectivity index (χ3n) is 8.38. The molecule has 41 heavy (non-hydrogen) atoms. The number of hydrogen-bond donors (Lipinski definition) is 10. The van der Waals surface area contributed by atoms with E-state index < -0.39 is 78.7 Å². The molecule has 1 amide bonds. The molecule has 240 valence electrons. The lowest BCUT2D eigenvalue weighted by Gasteiger charge is -2.48. The van der Waals surface area contributed by atoms with Crippen molar-refractivity contribution in [3.8, 4) is 0 Å². The topological polar surface area (TPSA) is 257 Å². The van der Waals surface area contributed by atoms with Crippen LogP contribution in [0, 0.1) is 5.92 Å². The van der Waals surface area contributed by atoms with Gasteiger partial charge in [-0.25, -0.2) is 0 Å². The van der Waals surface area contributed by atoms with Gasteiger partial charge in [0.25, 0.3) is 0 Å². The van der Waals surface area contributed by atoms with Crippen LogP contribution in [0.3, 0.4) is 0 Å². The Balaban J connectivity index is 1.76. The quantitative estimate of drug-likeness (QED) is 0.0912. The molecular formula is C26H51N5O10. The van der Waals surface area contributed by atoms with Gasteiger partial charge in [-0.15, -0.1) is 0 Å². The highest BCUT2D eigenvalue weighted by Gasteiger charge is 2.51. The normalized spacial score (nSPS) is 42.5.